The SMILES string of the molecule is O=C(O)CCCCCCCCCC[C@@H]1CC[C@H](O)[C@@H]1O. The van der Waals surface area contributed by atoms with Gasteiger partial charge in [-0.05, 0) is 31.6 Å². The fourth-order valence-electron chi connectivity index (χ4n) is 3.10. The Hall–Kier alpha value is -0.610. The second-order valence-electron chi connectivity index (χ2n) is 6.16. The lowest BCUT2D eigenvalue weighted by Gasteiger charge is -2.15. The lowest BCUT2D eigenvalue weighted by atomic mass is 9.97. The summed E-state index contributed by atoms with van der Waals surface area (Å²) < 4.78 is 0. The highest BCUT2D eigenvalue weighted by atomic mass is 16.4. The number of rotatable bonds is 11. The molecule has 0 aliphatic heterocycles. The topological polar surface area (TPSA) is 77.8 Å². The van der Waals surface area contributed by atoms with E-state index < -0.39 is 18.2 Å². The predicted molar refractivity (Wildman–Crippen MR) is 78.5 cm³/mol. The van der Waals surface area contributed by atoms with Crippen LogP contribution in [0.3, 0.4) is 0 Å². The third-order valence-corrected chi connectivity index (χ3v) is 4.43. The van der Waals surface area contributed by atoms with Crippen LogP contribution in [0.1, 0.15) is 77.0 Å². The van der Waals surface area contributed by atoms with Crippen LogP contribution in [0.25, 0.3) is 0 Å². The van der Waals surface area contributed by atoms with Gasteiger partial charge in [-0.25, -0.2) is 0 Å². The van der Waals surface area contributed by atoms with E-state index in [2.05, 4.69) is 0 Å². The molecule has 1 rings (SSSR count). The first-order valence-corrected chi connectivity index (χ1v) is 8.19. The second kappa shape index (κ2) is 10.2. The summed E-state index contributed by atoms with van der Waals surface area (Å²) in [6.07, 6.45) is 11.0. The lowest BCUT2D eigenvalue weighted by molar-refractivity contribution is -0.137. The average Bonchev–Trinajstić information content (AvgIpc) is 2.72. The highest BCUT2D eigenvalue weighted by Gasteiger charge is 2.32. The van der Waals surface area contributed by atoms with Crippen molar-refractivity contribution in [3.05, 3.63) is 0 Å². The largest absolute Gasteiger partial charge is 0.481 e. The fraction of sp³-hybridized carbons (Fsp3) is 0.938. The monoisotopic (exact) mass is 286 g/mol. The zero-order chi connectivity index (χ0) is 14.8. The van der Waals surface area contributed by atoms with Crippen LogP contribution in [0.15, 0.2) is 0 Å². The van der Waals surface area contributed by atoms with Crippen LogP contribution < -0.4 is 0 Å². The normalized spacial score (nSPS) is 26.0. The number of carboxylic acids is 1. The van der Waals surface area contributed by atoms with Gasteiger partial charge in [0.25, 0.3) is 0 Å². The molecule has 20 heavy (non-hydrogen) atoms. The molecule has 4 heteroatoms. The Morgan fingerprint density at radius 3 is 1.90 bits per heavy atom. The van der Waals surface area contributed by atoms with Crippen molar-refractivity contribution < 1.29 is 20.1 Å². The number of aliphatic hydroxyl groups is 2. The molecule has 1 aliphatic rings. The molecule has 0 spiro atoms. The van der Waals surface area contributed by atoms with Crippen molar-refractivity contribution in [3.8, 4) is 0 Å². The molecule has 0 bridgehead atoms. The van der Waals surface area contributed by atoms with Gasteiger partial charge in [-0.15, -0.1) is 0 Å². The smallest absolute Gasteiger partial charge is 0.303 e. The molecule has 0 aromatic heterocycles. The Morgan fingerprint density at radius 2 is 1.40 bits per heavy atom. The van der Waals surface area contributed by atoms with Gasteiger partial charge >= 0.3 is 5.97 Å². The lowest BCUT2D eigenvalue weighted by Crippen LogP contribution is -2.24. The fourth-order valence-corrected chi connectivity index (χ4v) is 3.10. The molecule has 0 aromatic rings. The van der Waals surface area contributed by atoms with Crippen LogP contribution in [0.5, 0.6) is 0 Å². The first-order chi connectivity index (χ1) is 9.61. The maximum Gasteiger partial charge on any atom is 0.303 e. The van der Waals surface area contributed by atoms with Gasteiger partial charge in [0, 0.05) is 6.42 Å². The number of hydrogen-bond acceptors (Lipinski definition) is 3. The van der Waals surface area contributed by atoms with Crippen LogP contribution >= 0.6 is 0 Å². The summed E-state index contributed by atoms with van der Waals surface area (Å²) in [5.41, 5.74) is 0. The van der Waals surface area contributed by atoms with Crippen LogP contribution in [-0.2, 0) is 4.79 Å². The van der Waals surface area contributed by atoms with Gasteiger partial charge in [-0.3, -0.25) is 4.79 Å². The summed E-state index contributed by atoms with van der Waals surface area (Å²) >= 11 is 0. The molecule has 118 valence electrons. The third-order valence-electron chi connectivity index (χ3n) is 4.43. The first-order valence-electron chi connectivity index (χ1n) is 8.19. The predicted octanol–water partition coefficient (Wildman–Crippen LogP) is 3.10. The summed E-state index contributed by atoms with van der Waals surface area (Å²) in [5.74, 6) is -0.384. The summed E-state index contributed by atoms with van der Waals surface area (Å²) in [7, 11) is 0. The van der Waals surface area contributed by atoms with E-state index in [4.69, 9.17) is 5.11 Å². The van der Waals surface area contributed by atoms with Crippen molar-refractivity contribution in [2.24, 2.45) is 5.92 Å². The number of aliphatic hydroxyl groups excluding tert-OH is 2. The van der Waals surface area contributed by atoms with Crippen molar-refractivity contribution in [1.29, 1.82) is 0 Å². The summed E-state index contributed by atoms with van der Waals surface area (Å²) in [5, 5.41) is 27.7. The molecule has 0 unspecified atom stereocenters. The Kier molecular flexibility index (Phi) is 8.86. The third kappa shape index (κ3) is 7.25. The zero-order valence-corrected chi connectivity index (χ0v) is 12.5. The molecule has 0 heterocycles. The molecule has 0 amide bonds. The quantitative estimate of drug-likeness (QED) is 0.510. The number of hydrogen-bond donors (Lipinski definition) is 3. The van der Waals surface area contributed by atoms with E-state index in [1.807, 2.05) is 0 Å². The van der Waals surface area contributed by atoms with Gasteiger partial charge in [0.1, 0.15) is 0 Å². The maximum absolute atomic E-state index is 10.3. The number of aliphatic carboxylic acids is 1. The first kappa shape index (κ1) is 17.4. The van der Waals surface area contributed by atoms with E-state index in [-0.39, 0.29) is 0 Å². The van der Waals surface area contributed by atoms with E-state index in [1.54, 1.807) is 0 Å². The standard InChI is InChI=1S/C16H30O4/c17-14-12-11-13(16(14)20)9-7-5-3-1-2-4-6-8-10-15(18)19/h13-14,16-17,20H,1-12H2,(H,18,19)/t13-,14+,16-/m1/s1. The van der Waals surface area contributed by atoms with Crippen molar-refractivity contribution in [1.82, 2.24) is 0 Å². The van der Waals surface area contributed by atoms with Gasteiger partial charge in [0.15, 0.2) is 0 Å². The van der Waals surface area contributed by atoms with Gasteiger partial charge in [0.2, 0.25) is 0 Å². The number of carboxylic acid groups (broad SMARTS) is 1. The maximum atomic E-state index is 10.3. The van der Waals surface area contributed by atoms with Gasteiger partial charge in [0.05, 0.1) is 12.2 Å². The van der Waals surface area contributed by atoms with E-state index in [1.165, 1.54) is 25.7 Å². The Labute approximate surface area is 122 Å². The van der Waals surface area contributed by atoms with Crippen molar-refractivity contribution in [2.45, 2.75) is 89.3 Å². The summed E-state index contributed by atoms with van der Waals surface area (Å²) in [4.78, 5) is 10.3. The number of carbonyl (C=O) groups is 1. The van der Waals surface area contributed by atoms with Crippen molar-refractivity contribution in [3.63, 3.8) is 0 Å². The molecular weight excluding hydrogens is 256 g/mol. The Morgan fingerprint density at radius 1 is 0.850 bits per heavy atom. The van der Waals surface area contributed by atoms with Crippen LogP contribution in [0.2, 0.25) is 0 Å². The molecule has 4 nitrogen and oxygen atoms in total. The minimum absolute atomic E-state index is 0.301. The molecule has 0 aromatic carbocycles. The van der Waals surface area contributed by atoms with E-state index >= 15 is 0 Å². The second-order valence-corrected chi connectivity index (χ2v) is 6.16. The minimum atomic E-state index is -0.691. The van der Waals surface area contributed by atoms with Gasteiger partial charge in [-0.1, -0.05) is 44.9 Å². The van der Waals surface area contributed by atoms with E-state index in [9.17, 15) is 15.0 Å². The number of unbranched alkanes of at least 4 members (excludes halogenated alkanes) is 7. The summed E-state index contributed by atoms with van der Waals surface area (Å²) in [6.45, 7) is 0. The molecular formula is C16H30O4. The molecule has 1 fully saturated rings. The zero-order valence-electron chi connectivity index (χ0n) is 12.5. The highest BCUT2D eigenvalue weighted by Crippen LogP contribution is 2.30. The minimum Gasteiger partial charge on any atom is -0.481 e. The molecule has 0 saturated heterocycles. The molecule has 1 aliphatic carbocycles. The van der Waals surface area contributed by atoms with Crippen molar-refractivity contribution in [2.75, 3.05) is 0 Å². The highest BCUT2D eigenvalue weighted by molar-refractivity contribution is 5.66. The van der Waals surface area contributed by atoms with Gasteiger partial charge in [-0.2, -0.15) is 0 Å². The van der Waals surface area contributed by atoms with Gasteiger partial charge < -0.3 is 15.3 Å². The Balaban J connectivity index is 1.82. The molecule has 3 N–H and O–H groups in total. The summed E-state index contributed by atoms with van der Waals surface area (Å²) in [6, 6.07) is 0. The molecule has 3 atom stereocenters. The van der Waals surface area contributed by atoms with Crippen LogP contribution in [0, 0.1) is 5.92 Å². The van der Waals surface area contributed by atoms with E-state index in [0.717, 1.165) is 44.9 Å². The van der Waals surface area contributed by atoms with Crippen molar-refractivity contribution >= 4 is 5.97 Å². The average molecular weight is 286 g/mol. The Bertz CT molecular complexity index is 267. The van der Waals surface area contributed by atoms with Crippen LogP contribution in [-0.4, -0.2) is 33.5 Å². The molecule has 1 saturated carbocycles. The molecule has 0 radical (unpaired) electrons. The van der Waals surface area contributed by atoms with Crippen LogP contribution in [0.4, 0.5) is 0 Å². The van der Waals surface area contributed by atoms with E-state index in [0.29, 0.717) is 12.3 Å².